The fraction of sp³-hybridized carbons (Fsp3) is 0.333. The van der Waals surface area contributed by atoms with Crippen molar-refractivity contribution >= 4 is 39.5 Å². The number of imide groups is 1. The summed E-state index contributed by atoms with van der Waals surface area (Å²) in [6.45, 7) is 4.85. The Hall–Kier alpha value is -2.68. The maximum Gasteiger partial charge on any atom is 0.325 e. The highest BCUT2D eigenvalue weighted by Crippen LogP contribution is 2.33. The van der Waals surface area contributed by atoms with E-state index >= 15 is 0 Å². The standard InChI is InChI=1S/C18H20BrN5O3/c1-10-15(11(2)23(4)22-10)20-14(25)9-24-16(26)18(3,21-17(24)27)12-7-5-6-8-13(12)19/h5-8H,9H2,1-4H3,(H,20,25)(H,21,27). The molecule has 1 fully saturated rings. The van der Waals surface area contributed by atoms with Gasteiger partial charge in [-0.25, -0.2) is 4.79 Å². The smallest absolute Gasteiger partial charge is 0.321 e. The Morgan fingerprint density at radius 2 is 1.96 bits per heavy atom. The lowest BCUT2D eigenvalue weighted by Crippen LogP contribution is -2.42. The van der Waals surface area contributed by atoms with Crippen molar-refractivity contribution in [2.75, 3.05) is 11.9 Å². The van der Waals surface area contributed by atoms with Crippen LogP contribution in [-0.2, 0) is 22.2 Å². The fourth-order valence-corrected chi connectivity index (χ4v) is 3.85. The Bertz CT molecular complexity index is 954. The number of amides is 4. The average molecular weight is 434 g/mol. The van der Waals surface area contributed by atoms with Crippen molar-refractivity contribution in [3.63, 3.8) is 0 Å². The van der Waals surface area contributed by atoms with Gasteiger partial charge in [-0.15, -0.1) is 0 Å². The number of aryl methyl sites for hydroxylation is 2. The molecule has 0 aliphatic carbocycles. The molecular weight excluding hydrogens is 414 g/mol. The van der Waals surface area contributed by atoms with Crippen LogP contribution in [0.2, 0.25) is 0 Å². The van der Waals surface area contributed by atoms with Gasteiger partial charge in [0.2, 0.25) is 5.91 Å². The summed E-state index contributed by atoms with van der Waals surface area (Å²) in [7, 11) is 1.78. The number of hydrogen-bond donors (Lipinski definition) is 2. The SMILES string of the molecule is Cc1nn(C)c(C)c1NC(=O)CN1C(=O)NC(C)(c2ccccc2Br)C1=O. The highest BCUT2D eigenvalue weighted by atomic mass is 79.9. The second-order valence-corrected chi connectivity index (χ2v) is 7.50. The normalized spacial score (nSPS) is 19.4. The highest BCUT2D eigenvalue weighted by molar-refractivity contribution is 9.10. The van der Waals surface area contributed by atoms with Crippen LogP contribution in [0.3, 0.4) is 0 Å². The molecule has 1 aromatic carbocycles. The van der Waals surface area contributed by atoms with Crippen molar-refractivity contribution in [2.24, 2.45) is 7.05 Å². The van der Waals surface area contributed by atoms with E-state index in [0.29, 0.717) is 21.4 Å². The second-order valence-electron chi connectivity index (χ2n) is 6.64. The summed E-state index contributed by atoms with van der Waals surface area (Å²) in [6.07, 6.45) is 0. The minimum atomic E-state index is -1.24. The van der Waals surface area contributed by atoms with Crippen LogP contribution in [0.5, 0.6) is 0 Å². The van der Waals surface area contributed by atoms with Gasteiger partial charge in [-0.2, -0.15) is 5.10 Å². The van der Waals surface area contributed by atoms with E-state index in [2.05, 4.69) is 31.7 Å². The molecule has 3 rings (SSSR count). The second kappa shape index (κ2) is 6.80. The maximum absolute atomic E-state index is 12.9. The third kappa shape index (κ3) is 3.23. The summed E-state index contributed by atoms with van der Waals surface area (Å²) < 4.78 is 2.36. The zero-order valence-corrected chi connectivity index (χ0v) is 17.0. The number of nitrogens with zero attached hydrogens (tertiary/aromatic N) is 3. The molecule has 9 heteroatoms. The highest BCUT2D eigenvalue weighted by Gasteiger charge is 2.50. The van der Waals surface area contributed by atoms with Crippen molar-refractivity contribution < 1.29 is 14.4 Å². The van der Waals surface area contributed by atoms with Crippen molar-refractivity contribution in [3.8, 4) is 0 Å². The molecule has 0 bridgehead atoms. The van der Waals surface area contributed by atoms with E-state index in [1.54, 1.807) is 43.8 Å². The van der Waals surface area contributed by atoms with Gasteiger partial charge in [0.15, 0.2) is 0 Å². The summed E-state index contributed by atoms with van der Waals surface area (Å²) in [5, 5.41) is 9.67. The summed E-state index contributed by atoms with van der Waals surface area (Å²) in [5.74, 6) is -0.941. The number of halogens is 1. The molecule has 1 aromatic heterocycles. The van der Waals surface area contributed by atoms with E-state index in [9.17, 15) is 14.4 Å². The third-order valence-corrected chi connectivity index (χ3v) is 5.45. The van der Waals surface area contributed by atoms with Gasteiger partial charge < -0.3 is 10.6 Å². The number of hydrogen-bond acceptors (Lipinski definition) is 4. The molecule has 2 aromatic rings. The van der Waals surface area contributed by atoms with E-state index in [1.807, 2.05) is 13.0 Å². The minimum Gasteiger partial charge on any atom is -0.321 e. The molecule has 1 atom stereocenters. The molecule has 142 valence electrons. The van der Waals surface area contributed by atoms with Gasteiger partial charge in [-0.3, -0.25) is 19.2 Å². The van der Waals surface area contributed by atoms with E-state index in [4.69, 9.17) is 0 Å². The summed E-state index contributed by atoms with van der Waals surface area (Å²) in [4.78, 5) is 38.7. The number of carbonyl (C=O) groups is 3. The van der Waals surface area contributed by atoms with Crippen molar-refractivity contribution in [1.29, 1.82) is 0 Å². The molecule has 0 radical (unpaired) electrons. The molecule has 1 saturated heterocycles. The molecule has 2 N–H and O–H groups in total. The van der Waals surface area contributed by atoms with E-state index in [-0.39, 0.29) is 6.54 Å². The Kier molecular flexibility index (Phi) is 4.81. The van der Waals surface area contributed by atoms with E-state index in [1.165, 1.54) is 0 Å². The van der Waals surface area contributed by atoms with Gasteiger partial charge in [0, 0.05) is 17.1 Å². The fourth-order valence-electron chi connectivity index (χ4n) is 3.17. The van der Waals surface area contributed by atoms with Crippen LogP contribution < -0.4 is 10.6 Å². The van der Waals surface area contributed by atoms with Crippen molar-refractivity contribution in [2.45, 2.75) is 26.3 Å². The number of urea groups is 1. The molecule has 8 nitrogen and oxygen atoms in total. The summed E-state index contributed by atoms with van der Waals surface area (Å²) in [5.41, 5.74) is 1.43. The van der Waals surface area contributed by atoms with Gasteiger partial charge in [0.25, 0.3) is 5.91 Å². The predicted molar refractivity (Wildman–Crippen MR) is 103 cm³/mol. The number of aromatic nitrogens is 2. The third-order valence-electron chi connectivity index (χ3n) is 4.76. The van der Waals surface area contributed by atoms with E-state index < -0.39 is 23.4 Å². The molecular formula is C18H20BrN5O3. The first-order valence-electron chi connectivity index (χ1n) is 8.34. The van der Waals surface area contributed by atoms with Crippen LogP contribution in [0, 0.1) is 13.8 Å². The van der Waals surface area contributed by atoms with Crippen molar-refractivity contribution in [1.82, 2.24) is 20.0 Å². The molecule has 0 spiro atoms. The molecule has 1 unspecified atom stereocenters. The van der Waals surface area contributed by atoms with Crippen molar-refractivity contribution in [3.05, 3.63) is 45.7 Å². The van der Waals surface area contributed by atoms with Crippen LogP contribution in [0.4, 0.5) is 10.5 Å². The van der Waals surface area contributed by atoms with Gasteiger partial charge in [-0.1, -0.05) is 34.1 Å². The molecule has 1 aliphatic heterocycles. The van der Waals surface area contributed by atoms with Crippen LogP contribution in [0.15, 0.2) is 28.7 Å². The first kappa shape index (κ1) is 19.1. The lowest BCUT2D eigenvalue weighted by atomic mass is 9.92. The number of carbonyl (C=O) groups excluding carboxylic acids is 3. The molecule has 2 heterocycles. The molecule has 1 aliphatic rings. The first-order chi connectivity index (χ1) is 12.6. The molecule has 4 amide bonds. The van der Waals surface area contributed by atoms with Gasteiger partial charge in [-0.05, 0) is 26.8 Å². The maximum atomic E-state index is 12.9. The lowest BCUT2D eigenvalue weighted by Gasteiger charge is -2.23. The number of benzene rings is 1. The first-order valence-corrected chi connectivity index (χ1v) is 9.13. The van der Waals surface area contributed by atoms with Gasteiger partial charge in [0.05, 0.1) is 17.1 Å². The van der Waals surface area contributed by atoms with E-state index in [0.717, 1.165) is 10.6 Å². The molecule has 0 saturated carbocycles. The largest absolute Gasteiger partial charge is 0.325 e. The summed E-state index contributed by atoms with van der Waals surface area (Å²) in [6, 6.07) is 6.56. The quantitative estimate of drug-likeness (QED) is 0.722. The Balaban J connectivity index is 1.80. The molecule has 27 heavy (non-hydrogen) atoms. The number of anilines is 1. The topological polar surface area (TPSA) is 96.3 Å². The number of rotatable bonds is 4. The Morgan fingerprint density at radius 3 is 2.56 bits per heavy atom. The Morgan fingerprint density at radius 1 is 1.30 bits per heavy atom. The van der Waals surface area contributed by atoms with Crippen LogP contribution in [0.25, 0.3) is 0 Å². The average Bonchev–Trinajstić information content (AvgIpc) is 2.97. The minimum absolute atomic E-state index is 0.377. The lowest BCUT2D eigenvalue weighted by molar-refractivity contribution is -0.133. The van der Waals surface area contributed by atoms with Gasteiger partial charge >= 0.3 is 6.03 Å². The number of nitrogens with one attached hydrogen (secondary N) is 2. The zero-order valence-electron chi connectivity index (χ0n) is 15.5. The van der Waals surface area contributed by atoms with Gasteiger partial charge in [0.1, 0.15) is 12.1 Å². The summed E-state index contributed by atoms with van der Waals surface area (Å²) >= 11 is 3.41. The predicted octanol–water partition coefficient (Wildman–Crippen LogP) is 2.21. The monoisotopic (exact) mass is 433 g/mol. The van der Waals surface area contributed by atoms with Crippen LogP contribution in [-0.4, -0.2) is 39.1 Å². The van der Waals surface area contributed by atoms with Crippen LogP contribution in [0.1, 0.15) is 23.9 Å². The van der Waals surface area contributed by atoms with Crippen LogP contribution >= 0.6 is 15.9 Å². The zero-order chi connectivity index (χ0) is 19.9. The Labute approximate surface area is 165 Å².